The zero-order valence-corrected chi connectivity index (χ0v) is 12.6. The molecule has 0 heterocycles. The van der Waals surface area contributed by atoms with E-state index >= 15 is 0 Å². The highest BCUT2D eigenvalue weighted by Gasteiger charge is 2.02. The van der Waals surface area contributed by atoms with E-state index in [0.717, 1.165) is 19.0 Å². The Morgan fingerprint density at radius 3 is 2.25 bits per heavy atom. The zero-order chi connectivity index (χ0) is 14.6. The fourth-order valence-electron chi connectivity index (χ4n) is 2.29. The molecule has 0 aromatic heterocycles. The van der Waals surface area contributed by atoms with Crippen LogP contribution in [0.4, 0.5) is 8.78 Å². The summed E-state index contributed by atoms with van der Waals surface area (Å²) in [6.07, 6.45) is 10.2. The molecule has 0 saturated carbocycles. The minimum absolute atomic E-state index is 0.338. The molecule has 3 heteroatoms. The number of hydrogen-bond donors (Lipinski definition) is 1. The number of rotatable bonds is 11. The Morgan fingerprint density at radius 1 is 0.900 bits per heavy atom. The molecule has 0 unspecified atom stereocenters. The van der Waals surface area contributed by atoms with Crippen LogP contribution in [-0.4, -0.2) is 6.54 Å². The lowest BCUT2D eigenvalue weighted by Gasteiger charge is -2.06. The van der Waals surface area contributed by atoms with Gasteiger partial charge in [0.25, 0.3) is 0 Å². The fourth-order valence-corrected chi connectivity index (χ4v) is 2.29. The van der Waals surface area contributed by atoms with Gasteiger partial charge < -0.3 is 5.32 Å². The molecule has 0 spiro atoms. The van der Waals surface area contributed by atoms with Crippen molar-refractivity contribution in [1.29, 1.82) is 0 Å². The number of unbranched alkanes of at least 4 members (excludes halogenated alkanes) is 7. The first-order valence-electron chi connectivity index (χ1n) is 7.88. The van der Waals surface area contributed by atoms with Crippen molar-refractivity contribution in [3.05, 3.63) is 35.4 Å². The van der Waals surface area contributed by atoms with Gasteiger partial charge in [0.2, 0.25) is 0 Å². The monoisotopic (exact) mass is 283 g/mol. The molecule has 1 N–H and O–H groups in total. The van der Waals surface area contributed by atoms with Gasteiger partial charge in [-0.15, -0.1) is 0 Å². The molecule has 0 aliphatic heterocycles. The summed E-state index contributed by atoms with van der Waals surface area (Å²) in [4.78, 5) is 0. The normalized spacial score (nSPS) is 10.9. The molecule has 0 bridgehead atoms. The first-order valence-corrected chi connectivity index (χ1v) is 7.88. The molecule has 0 saturated heterocycles. The summed E-state index contributed by atoms with van der Waals surface area (Å²) in [6.45, 7) is 3.50. The van der Waals surface area contributed by atoms with Crippen molar-refractivity contribution in [2.75, 3.05) is 6.54 Å². The standard InChI is InChI=1S/C17H27F2N/c1-2-3-4-5-6-7-8-9-12-20-14-15-13-16(18)10-11-17(15)19/h10-11,13,20H,2-9,12,14H2,1H3. The van der Waals surface area contributed by atoms with Gasteiger partial charge in [-0.05, 0) is 31.2 Å². The Labute approximate surface area is 121 Å². The van der Waals surface area contributed by atoms with Crippen molar-refractivity contribution < 1.29 is 8.78 Å². The van der Waals surface area contributed by atoms with E-state index in [1.807, 2.05) is 0 Å². The van der Waals surface area contributed by atoms with Crippen LogP contribution in [0, 0.1) is 11.6 Å². The number of benzene rings is 1. The van der Waals surface area contributed by atoms with E-state index in [-0.39, 0.29) is 11.6 Å². The second kappa shape index (κ2) is 10.8. The number of hydrogen-bond acceptors (Lipinski definition) is 1. The molecular formula is C17H27F2N. The quantitative estimate of drug-likeness (QED) is 0.551. The Hall–Kier alpha value is -0.960. The SMILES string of the molecule is CCCCCCCCCCNCc1cc(F)ccc1F. The second-order valence-corrected chi connectivity index (χ2v) is 5.39. The van der Waals surface area contributed by atoms with Crippen molar-refractivity contribution in [3.8, 4) is 0 Å². The lowest BCUT2D eigenvalue weighted by atomic mass is 10.1. The molecule has 20 heavy (non-hydrogen) atoms. The Balaban J connectivity index is 1.98. The van der Waals surface area contributed by atoms with Gasteiger partial charge in [-0.3, -0.25) is 0 Å². The van der Waals surface area contributed by atoms with Gasteiger partial charge in [0.1, 0.15) is 11.6 Å². The molecule has 0 aliphatic carbocycles. The molecule has 1 aromatic carbocycles. The van der Waals surface area contributed by atoms with Gasteiger partial charge in [0, 0.05) is 12.1 Å². The Bertz CT molecular complexity index is 366. The summed E-state index contributed by atoms with van der Waals surface area (Å²) in [5, 5.41) is 3.17. The topological polar surface area (TPSA) is 12.0 Å². The first kappa shape index (κ1) is 17.1. The summed E-state index contributed by atoms with van der Waals surface area (Å²) in [6, 6.07) is 3.59. The summed E-state index contributed by atoms with van der Waals surface area (Å²) >= 11 is 0. The fraction of sp³-hybridized carbons (Fsp3) is 0.647. The zero-order valence-electron chi connectivity index (χ0n) is 12.6. The van der Waals surface area contributed by atoms with Crippen LogP contribution < -0.4 is 5.32 Å². The molecule has 0 aliphatic rings. The summed E-state index contributed by atoms with van der Waals surface area (Å²) in [5.74, 6) is -0.717. The van der Waals surface area contributed by atoms with Gasteiger partial charge >= 0.3 is 0 Å². The van der Waals surface area contributed by atoms with E-state index in [2.05, 4.69) is 12.2 Å². The second-order valence-electron chi connectivity index (χ2n) is 5.39. The van der Waals surface area contributed by atoms with Crippen molar-refractivity contribution >= 4 is 0 Å². The van der Waals surface area contributed by atoms with E-state index in [9.17, 15) is 8.78 Å². The maximum Gasteiger partial charge on any atom is 0.127 e. The van der Waals surface area contributed by atoms with Gasteiger partial charge in [-0.2, -0.15) is 0 Å². The van der Waals surface area contributed by atoms with Crippen LogP contribution in [-0.2, 0) is 6.54 Å². The molecule has 0 fully saturated rings. The maximum atomic E-state index is 13.3. The van der Waals surface area contributed by atoms with Crippen LogP contribution in [0.5, 0.6) is 0 Å². The van der Waals surface area contributed by atoms with Crippen LogP contribution in [0.1, 0.15) is 63.9 Å². The van der Waals surface area contributed by atoms with Crippen molar-refractivity contribution in [2.45, 2.75) is 64.8 Å². The molecular weight excluding hydrogens is 256 g/mol. The van der Waals surface area contributed by atoms with E-state index in [1.54, 1.807) is 0 Å². The van der Waals surface area contributed by atoms with Gasteiger partial charge in [0.05, 0.1) is 0 Å². The van der Waals surface area contributed by atoms with Crippen molar-refractivity contribution in [1.82, 2.24) is 5.32 Å². The predicted octanol–water partition coefficient (Wildman–Crippen LogP) is 5.20. The van der Waals surface area contributed by atoms with Crippen LogP contribution >= 0.6 is 0 Å². The maximum absolute atomic E-state index is 13.3. The average Bonchev–Trinajstić information content (AvgIpc) is 2.44. The third-order valence-electron chi connectivity index (χ3n) is 3.53. The van der Waals surface area contributed by atoms with Gasteiger partial charge in [-0.25, -0.2) is 8.78 Å². The Kier molecular flexibility index (Phi) is 9.22. The predicted molar refractivity (Wildman–Crippen MR) is 80.7 cm³/mol. The largest absolute Gasteiger partial charge is 0.313 e. The molecule has 0 amide bonds. The highest BCUT2D eigenvalue weighted by molar-refractivity contribution is 5.18. The van der Waals surface area contributed by atoms with E-state index in [0.29, 0.717) is 12.1 Å². The molecule has 1 nitrogen and oxygen atoms in total. The molecule has 0 radical (unpaired) electrons. The van der Waals surface area contributed by atoms with E-state index < -0.39 is 0 Å². The third-order valence-corrected chi connectivity index (χ3v) is 3.53. The van der Waals surface area contributed by atoms with Gasteiger partial charge in [-0.1, -0.05) is 51.9 Å². The molecule has 1 rings (SSSR count). The van der Waals surface area contributed by atoms with Gasteiger partial charge in [0.15, 0.2) is 0 Å². The van der Waals surface area contributed by atoms with Crippen LogP contribution in [0.25, 0.3) is 0 Å². The number of halogens is 2. The van der Waals surface area contributed by atoms with Crippen LogP contribution in [0.3, 0.4) is 0 Å². The lowest BCUT2D eigenvalue weighted by Crippen LogP contribution is -2.15. The first-order chi connectivity index (χ1) is 9.74. The number of nitrogens with one attached hydrogen (secondary N) is 1. The summed E-state index contributed by atoms with van der Waals surface area (Å²) in [7, 11) is 0. The Morgan fingerprint density at radius 2 is 1.55 bits per heavy atom. The van der Waals surface area contributed by atoms with Crippen molar-refractivity contribution in [2.24, 2.45) is 0 Å². The molecule has 1 aromatic rings. The third kappa shape index (κ3) is 7.59. The average molecular weight is 283 g/mol. The smallest absolute Gasteiger partial charge is 0.127 e. The lowest BCUT2D eigenvalue weighted by molar-refractivity contribution is 0.541. The molecule has 114 valence electrons. The summed E-state index contributed by atoms with van der Waals surface area (Å²) < 4.78 is 26.3. The minimum atomic E-state index is -0.379. The highest BCUT2D eigenvalue weighted by atomic mass is 19.1. The van der Waals surface area contributed by atoms with E-state index in [4.69, 9.17) is 0 Å². The summed E-state index contributed by atoms with van der Waals surface area (Å²) in [5.41, 5.74) is 0.407. The van der Waals surface area contributed by atoms with E-state index in [1.165, 1.54) is 57.1 Å². The molecule has 0 atom stereocenters. The van der Waals surface area contributed by atoms with Crippen LogP contribution in [0.15, 0.2) is 18.2 Å². The minimum Gasteiger partial charge on any atom is -0.313 e. The highest BCUT2D eigenvalue weighted by Crippen LogP contribution is 2.10. The van der Waals surface area contributed by atoms with Crippen LogP contribution in [0.2, 0.25) is 0 Å². The van der Waals surface area contributed by atoms with Crippen molar-refractivity contribution in [3.63, 3.8) is 0 Å².